The van der Waals surface area contributed by atoms with Gasteiger partial charge in [0.2, 0.25) is 0 Å². The summed E-state index contributed by atoms with van der Waals surface area (Å²) in [7, 11) is 4.90. The standard InChI is InChI=1S/C35H40O7/c1-36-31-17-14-29(15-18-31)21-39-25-34(41-23-27-10-6-4-7-11-27)35(42-24-28-12-8-5-9-13-28)26-40-22-30-16-19-32(37-2)33(20-30)38-3/h4-20,34-35H,21-26H2,1-3H3/t34-,35-/m0/s1. The lowest BCUT2D eigenvalue weighted by Crippen LogP contribution is -2.39. The van der Waals surface area contributed by atoms with Crippen molar-refractivity contribution in [1.82, 2.24) is 0 Å². The Labute approximate surface area is 248 Å². The van der Waals surface area contributed by atoms with Crippen molar-refractivity contribution in [3.05, 3.63) is 125 Å². The van der Waals surface area contributed by atoms with E-state index in [0.717, 1.165) is 28.0 Å². The molecule has 0 radical (unpaired) electrons. The number of rotatable bonds is 18. The summed E-state index contributed by atoms with van der Waals surface area (Å²) in [4.78, 5) is 0. The van der Waals surface area contributed by atoms with Crippen LogP contribution in [0.4, 0.5) is 0 Å². The van der Waals surface area contributed by atoms with Gasteiger partial charge in [0.25, 0.3) is 0 Å². The molecule has 0 fully saturated rings. The molecule has 7 heteroatoms. The summed E-state index contributed by atoms with van der Waals surface area (Å²) in [5.41, 5.74) is 4.16. The molecule has 0 saturated carbocycles. The van der Waals surface area contributed by atoms with Gasteiger partial charge in [0.05, 0.1) is 61.0 Å². The van der Waals surface area contributed by atoms with Crippen molar-refractivity contribution in [1.29, 1.82) is 0 Å². The van der Waals surface area contributed by atoms with E-state index < -0.39 is 0 Å². The van der Waals surface area contributed by atoms with Gasteiger partial charge in [-0.3, -0.25) is 0 Å². The average Bonchev–Trinajstić information content (AvgIpc) is 3.05. The van der Waals surface area contributed by atoms with Crippen LogP contribution in [0.25, 0.3) is 0 Å². The molecule has 4 aromatic carbocycles. The molecule has 0 amide bonds. The molecular formula is C35H40O7. The molecule has 7 nitrogen and oxygen atoms in total. The molecule has 0 aromatic heterocycles. The Bertz CT molecular complexity index is 1300. The molecule has 0 bridgehead atoms. The van der Waals surface area contributed by atoms with E-state index in [0.29, 0.717) is 51.1 Å². The monoisotopic (exact) mass is 572 g/mol. The lowest BCUT2D eigenvalue weighted by atomic mass is 10.2. The Hall–Kier alpha value is -3.88. The quantitative estimate of drug-likeness (QED) is 0.133. The van der Waals surface area contributed by atoms with Crippen LogP contribution in [0.2, 0.25) is 0 Å². The predicted molar refractivity (Wildman–Crippen MR) is 162 cm³/mol. The minimum Gasteiger partial charge on any atom is -0.497 e. The molecule has 4 rings (SSSR count). The minimum atomic E-state index is -0.384. The second kappa shape index (κ2) is 17.2. The molecule has 2 atom stereocenters. The van der Waals surface area contributed by atoms with Crippen molar-refractivity contribution in [3.63, 3.8) is 0 Å². The summed E-state index contributed by atoms with van der Waals surface area (Å²) in [6, 6.07) is 33.8. The first-order valence-electron chi connectivity index (χ1n) is 14.0. The topological polar surface area (TPSA) is 64.6 Å². The van der Waals surface area contributed by atoms with Crippen LogP contribution in [0.1, 0.15) is 22.3 Å². The maximum absolute atomic E-state index is 6.44. The Morgan fingerprint density at radius 2 is 0.929 bits per heavy atom. The van der Waals surface area contributed by atoms with Gasteiger partial charge in [-0.15, -0.1) is 0 Å². The van der Waals surface area contributed by atoms with Gasteiger partial charge in [0, 0.05) is 0 Å². The van der Waals surface area contributed by atoms with E-state index in [1.54, 1.807) is 21.3 Å². The smallest absolute Gasteiger partial charge is 0.161 e. The SMILES string of the molecule is COc1ccc(COC[C@H](OCc2ccccc2)[C@H](COCc2ccc(OC)c(OC)c2)OCc2ccccc2)cc1. The van der Waals surface area contributed by atoms with E-state index in [1.807, 2.05) is 103 Å². The lowest BCUT2D eigenvalue weighted by Gasteiger charge is -2.28. The first-order chi connectivity index (χ1) is 20.7. The summed E-state index contributed by atoms with van der Waals surface area (Å²) in [6.45, 7) is 2.31. The van der Waals surface area contributed by atoms with E-state index in [9.17, 15) is 0 Å². The van der Waals surface area contributed by atoms with Gasteiger partial charge >= 0.3 is 0 Å². The Balaban J connectivity index is 1.45. The number of methoxy groups -OCH3 is 3. The van der Waals surface area contributed by atoms with Gasteiger partial charge in [-0.1, -0.05) is 78.9 Å². The molecule has 0 heterocycles. The fourth-order valence-corrected chi connectivity index (χ4v) is 4.36. The highest BCUT2D eigenvalue weighted by molar-refractivity contribution is 5.42. The van der Waals surface area contributed by atoms with Gasteiger partial charge in [-0.05, 0) is 46.5 Å². The van der Waals surface area contributed by atoms with Crippen LogP contribution in [0, 0.1) is 0 Å². The van der Waals surface area contributed by atoms with E-state index in [4.69, 9.17) is 33.2 Å². The Morgan fingerprint density at radius 3 is 1.43 bits per heavy atom. The van der Waals surface area contributed by atoms with Crippen LogP contribution in [-0.2, 0) is 45.4 Å². The van der Waals surface area contributed by atoms with Crippen LogP contribution in [0.15, 0.2) is 103 Å². The van der Waals surface area contributed by atoms with Crippen molar-refractivity contribution in [3.8, 4) is 17.2 Å². The third-order valence-electron chi connectivity index (χ3n) is 6.74. The molecule has 0 aliphatic rings. The van der Waals surface area contributed by atoms with Crippen molar-refractivity contribution >= 4 is 0 Å². The van der Waals surface area contributed by atoms with Gasteiger partial charge < -0.3 is 33.2 Å². The summed E-state index contributed by atoms with van der Waals surface area (Å²) >= 11 is 0. The number of hydrogen-bond acceptors (Lipinski definition) is 7. The van der Waals surface area contributed by atoms with Crippen molar-refractivity contribution in [2.45, 2.75) is 38.6 Å². The molecule has 4 aromatic rings. The van der Waals surface area contributed by atoms with Crippen molar-refractivity contribution < 1.29 is 33.2 Å². The Kier molecular flexibility index (Phi) is 12.7. The zero-order valence-corrected chi connectivity index (χ0v) is 24.6. The zero-order chi connectivity index (χ0) is 29.4. The van der Waals surface area contributed by atoms with Gasteiger partial charge in [-0.2, -0.15) is 0 Å². The maximum atomic E-state index is 6.44. The average molecular weight is 573 g/mol. The Morgan fingerprint density at radius 1 is 0.452 bits per heavy atom. The summed E-state index contributed by atoms with van der Waals surface area (Å²) in [5, 5.41) is 0. The third-order valence-corrected chi connectivity index (χ3v) is 6.74. The predicted octanol–water partition coefficient (Wildman–Crippen LogP) is 6.62. The summed E-state index contributed by atoms with van der Waals surface area (Å²) in [6.07, 6.45) is -0.762. The number of hydrogen-bond donors (Lipinski definition) is 0. The third kappa shape index (κ3) is 9.89. The lowest BCUT2D eigenvalue weighted by molar-refractivity contribution is -0.139. The molecule has 0 N–H and O–H groups in total. The normalized spacial score (nSPS) is 12.5. The summed E-state index contributed by atoms with van der Waals surface area (Å²) < 4.78 is 41.3. The van der Waals surface area contributed by atoms with E-state index >= 15 is 0 Å². The second-order valence-electron chi connectivity index (χ2n) is 9.74. The molecule has 0 spiro atoms. The second-order valence-corrected chi connectivity index (χ2v) is 9.74. The molecule has 42 heavy (non-hydrogen) atoms. The van der Waals surface area contributed by atoms with E-state index in [1.165, 1.54) is 0 Å². The van der Waals surface area contributed by atoms with Crippen LogP contribution in [0.3, 0.4) is 0 Å². The molecular weight excluding hydrogens is 532 g/mol. The molecule has 222 valence electrons. The highest BCUT2D eigenvalue weighted by Crippen LogP contribution is 2.28. The van der Waals surface area contributed by atoms with E-state index in [2.05, 4.69) is 0 Å². The molecule has 0 aliphatic heterocycles. The van der Waals surface area contributed by atoms with Crippen LogP contribution >= 0.6 is 0 Å². The first kappa shape index (κ1) is 31.1. The maximum Gasteiger partial charge on any atom is 0.161 e. The van der Waals surface area contributed by atoms with Crippen molar-refractivity contribution in [2.75, 3.05) is 34.5 Å². The number of benzene rings is 4. The fraction of sp³-hybridized carbons (Fsp3) is 0.314. The fourth-order valence-electron chi connectivity index (χ4n) is 4.36. The largest absolute Gasteiger partial charge is 0.497 e. The van der Waals surface area contributed by atoms with E-state index in [-0.39, 0.29) is 12.2 Å². The van der Waals surface area contributed by atoms with Crippen LogP contribution in [-0.4, -0.2) is 46.8 Å². The highest BCUT2D eigenvalue weighted by atomic mass is 16.6. The van der Waals surface area contributed by atoms with Gasteiger partial charge in [-0.25, -0.2) is 0 Å². The van der Waals surface area contributed by atoms with Crippen LogP contribution in [0.5, 0.6) is 17.2 Å². The van der Waals surface area contributed by atoms with Crippen LogP contribution < -0.4 is 14.2 Å². The highest BCUT2D eigenvalue weighted by Gasteiger charge is 2.25. The molecule has 0 aliphatic carbocycles. The van der Waals surface area contributed by atoms with Gasteiger partial charge in [0.1, 0.15) is 18.0 Å². The van der Waals surface area contributed by atoms with Crippen molar-refractivity contribution in [2.24, 2.45) is 0 Å². The number of ether oxygens (including phenoxy) is 7. The first-order valence-corrected chi connectivity index (χ1v) is 14.0. The zero-order valence-electron chi connectivity index (χ0n) is 24.6. The molecule has 0 saturated heterocycles. The summed E-state index contributed by atoms with van der Waals surface area (Å²) in [5.74, 6) is 2.14. The van der Waals surface area contributed by atoms with Gasteiger partial charge in [0.15, 0.2) is 11.5 Å². The molecule has 0 unspecified atom stereocenters. The minimum absolute atomic E-state index is 0.312.